The van der Waals surface area contributed by atoms with Gasteiger partial charge in [0, 0.05) is 38.3 Å². The van der Waals surface area contributed by atoms with Gasteiger partial charge in [0.25, 0.3) is 5.91 Å². The quantitative estimate of drug-likeness (QED) is 0.755. The zero-order valence-corrected chi connectivity index (χ0v) is 17.5. The summed E-state index contributed by atoms with van der Waals surface area (Å²) in [6, 6.07) is 3.47. The Labute approximate surface area is 171 Å². The number of carbonyl (C=O) groups is 2. The van der Waals surface area contributed by atoms with E-state index in [1.165, 1.54) is 10.4 Å². The van der Waals surface area contributed by atoms with E-state index < -0.39 is 20.7 Å². The normalized spacial score (nSPS) is 20.6. The molecule has 2 fully saturated rings. The highest BCUT2D eigenvalue weighted by Crippen LogP contribution is 2.26. The standard InChI is InChI=1S/C20H28FN3O4S/c1-2-9-22-19(25)16-6-5-10-23(14-16)20(26)15-7-8-17(21)18(13-15)29(27,28)24-11-3-4-12-24/h7-8,13,16H,2-6,9-12,14H2,1H3,(H,22,25). The van der Waals surface area contributed by atoms with Crippen molar-refractivity contribution in [3.63, 3.8) is 0 Å². The van der Waals surface area contributed by atoms with Crippen LogP contribution in [0.4, 0.5) is 4.39 Å². The fourth-order valence-corrected chi connectivity index (χ4v) is 5.46. The molecule has 2 aliphatic rings. The summed E-state index contributed by atoms with van der Waals surface area (Å²) in [7, 11) is -3.97. The monoisotopic (exact) mass is 425 g/mol. The maximum atomic E-state index is 14.3. The average Bonchev–Trinajstić information content (AvgIpc) is 3.27. The van der Waals surface area contributed by atoms with E-state index in [0.29, 0.717) is 39.0 Å². The highest BCUT2D eigenvalue weighted by Gasteiger charge is 2.32. The fourth-order valence-electron chi connectivity index (χ4n) is 3.85. The molecule has 2 heterocycles. The van der Waals surface area contributed by atoms with Crippen LogP contribution < -0.4 is 5.32 Å². The van der Waals surface area contributed by atoms with Gasteiger partial charge in [-0.3, -0.25) is 9.59 Å². The molecule has 0 radical (unpaired) electrons. The summed E-state index contributed by atoms with van der Waals surface area (Å²) in [5.41, 5.74) is 0.124. The molecule has 7 nitrogen and oxygen atoms in total. The molecule has 0 aliphatic carbocycles. The first-order valence-electron chi connectivity index (χ1n) is 10.2. The molecule has 1 aromatic carbocycles. The van der Waals surface area contributed by atoms with Gasteiger partial charge in [-0.2, -0.15) is 4.31 Å². The molecule has 0 spiro atoms. The topological polar surface area (TPSA) is 86.8 Å². The number of nitrogens with one attached hydrogen (secondary N) is 1. The number of carbonyl (C=O) groups excluding carboxylic acids is 2. The van der Waals surface area contributed by atoms with Gasteiger partial charge < -0.3 is 10.2 Å². The van der Waals surface area contributed by atoms with Crippen LogP contribution in [0.2, 0.25) is 0 Å². The molecular weight excluding hydrogens is 397 g/mol. The largest absolute Gasteiger partial charge is 0.356 e. The number of halogens is 1. The lowest BCUT2D eigenvalue weighted by Crippen LogP contribution is -2.45. The van der Waals surface area contributed by atoms with Gasteiger partial charge in [0.05, 0.1) is 5.92 Å². The van der Waals surface area contributed by atoms with E-state index >= 15 is 0 Å². The van der Waals surface area contributed by atoms with Crippen molar-refractivity contribution in [3.8, 4) is 0 Å². The first-order chi connectivity index (χ1) is 13.8. The minimum absolute atomic E-state index is 0.0687. The van der Waals surface area contributed by atoms with E-state index in [1.807, 2.05) is 6.92 Å². The molecule has 0 aromatic heterocycles. The maximum absolute atomic E-state index is 14.3. The minimum Gasteiger partial charge on any atom is -0.356 e. The number of likely N-dealkylation sites (tertiary alicyclic amines) is 1. The molecule has 29 heavy (non-hydrogen) atoms. The van der Waals surface area contributed by atoms with Crippen molar-refractivity contribution < 1.29 is 22.4 Å². The Kier molecular flexibility index (Phi) is 6.89. The summed E-state index contributed by atoms with van der Waals surface area (Å²) in [5, 5.41) is 2.86. The SMILES string of the molecule is CCCNC(=O)C1CCCN(C(=O)c2ccc(F)c(S(=O)(=O)N3CCCC3)c2)C1. The van der Waals surface area contributed by atoms with Crippen molar-refractivity contribution >= 4 is 21.8 Å². The second-order valence-electron chi connectivity index (χ2n) is 7.64. The van der Waals surface area contributed by atoms with Crippen molar-refractivity contribution in [2.45, 2.75) is 43.9 Å². The second kappa shape index (κ2) is 9.21. The molecule has 0 saturated carbocycles. The van der Waals surface area contributed by atoms with Gasteiger partial charge in [-0.05, 0) is 50.3 Å². The smallest absolute Gasteiger partial charge is 0.253 e. The van der Waals surface area contributed by atoms with Gasteiger partial charge in [-0.25, -0.2) is 12.8 Å². The highest BCUT2D eigenvalue weighted by molar-refractivity contribution is 7.89. The summed E-state index contributed by atoms with van der Waals surface area (Å²) in [4.78, 5) is 26.3. The van der Waals surface area contributed by atoms with Crippen LogP contribution in [0, 0.1) is 11.7 Å². The van der Waals surface area contributed by atoms with Crippen LogP contribution in [0.3, 0.4) is 0 Å². The van der Waals surface area contributed by atoms with Crippen LogP contribution in [0.5, 0.6) is 0 Å². The number of sulfonamides is 1. The Balaban J connectivity index is 1.78. The molecule has 2 aliphatic heterocycles. The van der Waals surface area contributed by atoms with Gasteiger partial charge in [-0.1, -0.05) is 6.92 Å². The van der Waals surface area contributed by atoms with Crippen LogP contribution in [0.1, 0.15) is 49.4 Å². The zero-order chi connectivity index (χ0) is 21.0. The zero-order valence-electron chi connectivity index (χ0n) is 16.7. The molecule has 1 N–H and O–H groups in total. The van der Waals surface area contributed by atoms with Crippen molar-refractivity contribution in [1.29, 1.82) is 0 Å². The lowest BCUT2D eigenvalue weighted by atomic mass is 9.96. The van der Waals surface area contributed by atoms with E-state index in [-0.39, 0.29) is 29.8 Å². The van der Waals surface area contributed by atoms with Gasteiger partial charge in [0.2, 0.25) is 15.9 Å². The molecule has 9 heteroatoms. The lowest BCUT2D eigenvalue weighted by Gasteiger charge is -2.32. The second-order valence-corrected chi connectivity index (χ2v) is 9.54. The summed E-state index contributed by atoms with van der Waals surface area (Å²) in [6.07, 6.45) is 3.72. The molecule has 1 unspecified atom stereocenters. The molecule has 2 saturated heterocycles. The van der Waals surface area contributed by atoms with Crippen LogP contribution in [0.25, 0.3) is 0 Å². The van der Waals surface area contributed by atoms with Gasteiger partial charge >= 0.3 is 0 Å². The highest BCUT2D eigenvalue weighted by atomic mass is 32.2. The van der Waals surface area contributed by atoms with E-state index in [2.05, 4.69) is 5.32 Å². The lowest BCUT2D eigenvalue weighted by molar-refractivity contribution is -0.126. The van der Waals surface area contributed by atoms with Gasteiger partial charge in [0.1, 0.15) is 10.7 Å². The van der Waals surface area contributed by atoms with Crippen molar-refractivity contribution in [1.82, 2.24) is 14.5 Å². The van der Waals surface area contributed by atoms with E-state index in [4.69, 9.17) is 0 Å². The maximum Gasteiger partial charge on any atom is 0.253 e. The third-order valence-corrected chi connectivity index (χ3v) is 7.40. The molecule has 0 bridgehead atoms. The first kappa shape index (κ1) is 21.7. The molecule has 1 atom stereocenters. The van der Waals surface area contributed by atoms with E-state index in [0.717, 1.165) is 31.4 Å². The Morgan fingerprint density at radius 1 is 1.17 bits per heavy atom. The van der Waals surface area contributed by atoms with Crippen molar-refractivity contribution in [3.05, 3.63) is 29.6 Å². The number of benzene rings is 1. The summed E-state index contributed by atoms with van der Waals surface area (Å²) >= 11 is 0. The number of hydrogen-bond acceptors (Lipinski definition) is 4. The number of piperidine rings is 1. The number of amides is 2. The Morgan fingerprint density at radius 3 is 2.59 bits per heavy atom. The van der Waals surface area contributed by atoms with Crippen LogP contribution in [-0.2, 0) is 14.8 Å². The molecule has 160 valence electrons. The first-order valence-corrected chi connectivity index (χ1v) is 11.6. The molecular formula is C20H28FN3O4S. The van der Waals surface area contributed by atoms with E-state index in [9.17, 15) is 22.4 Å². The minimum atomic E-state index is -3.97. The molecule has 1 aromatic rings. The Morgan fingerprint density at radius 2 is 1.90 bits per heavy atom. The van der Waals surface area contributed by atoms with Crippen LogP contribution in [0.15, 0.2) is 23.1 Å². The van der Waals surface area contributed by atoms with Gasteiger partial charge in [-0.15, -0.1) is 0 Å². The third-order valence-electron chi connectivity index (χ3n) is 5.49. The summed E-state index contributed by atoms with van der Waals surface area (Å²) < 4.78 is 41.1. The van der Waals surface area contributed by atoms with Gasteiger partial charge in [0.15, 0.2) is 0 Å². The predicted octanol–water partition coefficient (Wildman–Crippen LogP) is 1.99. The number of hydrogen-bond donors (Lipinski definition) is 1. The van der Waals surface area contributed by atoms with Crippen molar-refractivity contribution in [2.75, 3.05) is 32.7 Å². The fraction of sp³-hybridized carbons (Fsp3) is 0.600. The summed E-state index contributed by atoms with van der Waals surface area (Å²) in [5.74, 6) is -1.59. The predicted molar refractivity (Wildman–Crippen MR) is 106 cm³/mol. The van der Waals surface area contributed by atoms with Crippen LogP contribution in [-0.4, -0.2) is 62.2 Å². The Hall–Kier alpha value is -2.00. The molecule has 3 rings (SSSR count). The Bertz CT molecular complexity index is 868. The third kappa shape index (κ3) is 4.78. The van der Waals surface area contributed by atoms with Crippen molar-refractivity contribution in [2.24, 2.45) is 5.92 Å². The van der Waals surface area contributed by atoms with E-state index in [1.54, 1.807) is 4.90 Å². The summed E-state index contributed by atoms with van der Waals surface area (Å²) in [6.45, 7) is 4.06. The number of nitrogens with zero attached hydrogens (tertiary/aromatic N) is 2. The molecule has 2 amide bonds. The van der Waals surface area contributed by atoms with Crippen LogP contribution >= 0.6 is 0 Å². The number of rotatable bonds is 6. The average molecular weight is 426 g/mol.